The van der Waals surface area contributed by atoms with E-state index in [1.165, 1.54) is 10.9 Å². The van der Waals surface area contributed by atoms with Gasteiger partial charge < -0.3 is 9.32 Å². The number of hydrogen-bond donors (Lipinski definition) is 0. The van der Waals surface area contributed by atoms with E-state index in [9.17, 15) is 0 Å². The first kappa shape index (κ1) is 16.7. The van der Waals surface area contributed by atoms with E-state index in [0.29, 0.717) is 0 Å². The van der Waals surface area contributed by atoms with Crippen molar-refractivity contribution >= 4 is 10.9 Å². The Morgan fingerprint density at radius 1 is 1.00 bits per heavy atom. The average molecular weight is 323 g/mol. The van der Waals surface area contributed by atoms with Gasteiger partial charge in [-0.05, 0) is 63.0 Å². The molecule has 4 heteroatoms. The zero-order chi connectivity index (χ0) is 16.8. The molecule has 0 amide bonds. The molecule has 0 bridgehead atoms. The summed E-state index contributed by atoms with van der Waals surface area (Å²) < 4.78 is 5.54. The van der Waals surface area contributed by atoms with E-state index < -0.39 is 0 Å². The van der Waals surface area contributed by atoms with Crippen LogP contribution >= 0.6 is 0 Å². The normalized spacial score (nSPS) is 11.7. The molecule has 3 aromatic rings. The van der Waals surface area contributed by atoms with E-state index >= 15 is 0 Å². The standard InChI is InChI=1S/C20H25N3O/c1-22(2)11-5-12-23(16-19-7-4-13-24-19)15-17-8-9-20-18(14-17)6-3-10-21-20/h3-4,6-10,13-14H,5,11-12,15-16H2,1-2H3. The van der Waals surface area contributed by atoms with Crippen molar-refractivity contribution in [3.05, 3.63) is 66.2 Å². The Morgan fingerprint density at radius 3 is 2.71 bits per heavy atom. The highest BCUT2D eigenvalue weighted by Gasteiger charge is 2.10. The van der Waals surface area contributed by atoms with Crippen LogP contribution in [0.15, 0.2) is 59.3 Å². The first-order valence-electron chi connectivity index (χ1n) is 8.44. The van der Waals surface area contributed by atoms with E-state index in [1.54, 1.807) is 6.26 Å². The minimum Gasteiger partial charge on any atom is -0.468 e. The average Bonchev–Trinajstić information content (AvgIpc) is 3.07. The molecule has 3 rings (SSSR count). The van der Waals surface area contributed by atoms with E-state index in [2.05, 4.69) is 53.1 Å². The zero-order valence-corrected chi connectivity index (χ0v) is 14.5. The number of aromatic nitrogens is 1. The monoisotopic (exact) mass is 323 g/mol. The second-order valence-electron chi connectivity index (χ2n) is 6.48. The van der Waals surface area contributed by atoms with Gasteiger partial charge in [0.05, 0.1) is 18.3 Å². The number of benzene rings is 1. The minimum absolute atomic E-state index is 0.839. The Kier molecular flexibility index (Phi) is 5.62. The topological polar surface area (TPSA) is 32.5 Å². The maximum atomic E-state index is 5.54. The number of rotatable bonds is 8. The molecular weight excluding hydrogens is 298 g/mol. The Labute approximate surface area is 143 Å². The number of hydrogen-bond acceptors (Lipinski definition) is 4. The molecule has 0 spiro atoms. The fraction of sp³-hybridized carbons (Fsp3) is 0.350. The lowest BCUT2D eigenvalue weighted by atomic mass is 10.1. The van der Waals surface area contributed by atoms with Crippen molar-refractivity contribution in [1.29, 1.82) is 0 Å². The fourth-order valence-electron chi connectivity index (χ4n) is 2.93. The highest BCUT2D eigenvalue weighted by Crippen LogP contribution is 2.16. The lowest BCUT2D eigenvalue weighted by molar-refractivity contribution is 0.222. The Morgan fingerprint density at radius 2 is 1.92 bits per heavy atom. The van der Waals surface area contributed by atoms with Crippen LogP contribution in [0.5, 0.6) is 0 Å². The fourth-order valence-corrected chi connectivity index (χ4v) is 2.93. The predicted molar refractivity (Wildman–Crippen MR) is 97.7 cm³/mol. The smallest absolute Gasteiger partial charge is 0.117 e. The van der Waals surface area contributed by atoms with E-state index in [1.807, 2.05) is 24.4 Å². The largest absolute Gasteiger partial charge is 0.468 e. The SMILES string of the molecule is CN(C)CCCN(Cc1ccc2ncccc2c1)Cc1ccco1. The van der Waals surface area contributed by atoms with Gasteiger partial charge in [-0.2, -0.15) is 0 Å². The summed E-state index contributed by atoms with van der Waals surface area (Å²) in [5.41, 5.74) is 2.36. The lowest BCUT2D eigenvalue weighted by Crippen LogP contribution is -2.26. The van der Waals surface area contributed by atoms with Crippen LogP contribution in [-0.2, 0) is 13.1 Å². The molecule has 24 heavy (non-hydrogen) atoms. The Bertz CT molecular complexity index is 752. The summed E-state index contributed by atoms with van der Waals surface area (Å²) in [4.78, 5) is 9.07. The van der Waals surface area contributed by atoms with Crippen molar-refractivity contribution in [2.75, 3.05) is 27.2 Å². The molecule has 1 aromatic carbocycles. The van der Waals surface area contributed by atoms with Crippen LogP contribution in [0.4, 0.5) is 0 Å². The van der Waals surface area contributed by atoms with Gasteiger partial charge in [-0.1, -0.05) is 12.1 Å². The summed E-state index contributed by atoms with van der Waals surface area (Å²) in [7, 11) is 4.24. The van der Waals surface area contributed by atoms with Crippen LogP contribution < -0.4 is 0 Å². The van der Waals surface area contributed by atoms with Crippen molar-refractivity contribution in [2.45, 2.75) is 19.5 Å². The van der Waals surface area contributed by atoms with Crippen molar-refractivity contribution in [3.8, 4) is 0 Å². The first-order valence-corrected chi connectivity index (χ1v) is 8.44. The van der Waals surface area contributed by atoms with E-state index in [-0.39, 0.29) is 0 Å². The molecule has 0 saturated heterocycles. The third kappa shape index (κ3) is 4.66. The molecule has 0 saturated carbocycles. The molecule has 0 aliphatic heterocycles. The van der Waals surface area contributed by atoms with Crippen molar-refractivity contribution < 1.29 is 4.42 Å². The molecule has 4 nitrogen and oxygen atoms in total. The second-order valence-corrected chi connectivity index (χ2v) is 6.48. The van der Waals surface area contributed by atoms with Crippen molar-refractivity contribution in [1.82, 2.24) is 14.8 Å². The van der Waals surface area contributed by atoms with Gasteiger partial charge in [0.2, 0.25) is 0 Å². The number of fused-ring (bicyclic) bond motifs is 1. The lowest BCUT2D eigenvalue weighted by Gasteiger charge is -2.22. The molecule has 0 radical (unpaired) electrons. The van der Waals surface area contributed by atoms with Gasteiger partial charge in [0.1, 0.15) is 5.76 Å². The number of furan rings is 1. The van der Waals surface area contributed by atoms with Crippen LogP contribution in [0.1, 0.15) is 17.7 Å². The number of nitrogens with zero attached hydrogens (tertiary/aromatic N) is 3. The molecule has 0 N–H and O–H groups in total. The Balaban J connectivity index is 1.70. The van der Waals surface area contributed by atoms with Crippen molar-refractivity contribution in [2.24, 2.45) is 0 Å². The molecule has 0 unspecified atom stereocenters. The van der Waals surface area contributed by atoms with Crippen LogP contribution in [0.3, 0.4) is 0 Å². The van der Waals surface area contributed by atoms with Gasteiger partial charge in [-0.3, -0.25) is 9.88 Å². The first-order chi connectivity index (χ1) is 11.7. The summed E-state index contributed by atoms with van der Waals surface area (Å²) in [6, 6.07) is 14.6. The molecule has 0 fully saturated rings. The molecule has 2 heterocycles. The van der Waals surface area contributed by atoms with Gasteiger partial charge >= 0.3 is 0 Å². The third-order valence-electron chi connectivity index (χ3n) is 4.11. The van der Waals surface area contributed by atoms with Gasteiger partial charge in [0.25, 0.3) is 0 Å². The highest BCUT2D eigenvalue weighted by atomic mass is 16.3. The Hall–Kier alpha value is -2.17. The summed E-state index contributed by atoms with van der Waals surface area (Å²) in [5, 5.41) is 1.20. The summed E-state index contributed by atoms with van der Waals surface area (Å²) in [6.07, 6.45) is 4.73. The summed E-state index contributed by atoms with van der Waals surface area (Å²) >= 11 is 0. The third-order valence-corrected chi connectivity index (χ3v) is 4.11. The molecule has 126 valence electrons. The van der Waals surface area contributed by atoms with Crippen LogP contribution in [0, 0.1) is 0 Å². The molecule has 0 atom stereocenters. The van der Waals surface area contributed by atoms with Crippen LogP contribution in [0.25, 0.3) is 10.9 Å². The second kappa shape index (κ2) is 8.08. The van der Waals surface area contributed by atoms with E-state index in [0.717, 1.165) is 43.9 Å². The quantitative estimate of drug-likeness (QED) is 0.631. The minimum atomic E-state index is 0.839. The number of pyridine rings is 1. The van der Waals surface area contributed by atoms with Gasteiger partial charge in [0, 0.05) is 24.7 Å². The van der Waals surface area contributed by atoms with Gasteiger partial charge in [-0.15, -0.1) is 0 Å². The highest BCUT2D eigenvalue weighted by molar-refractivity contribution is 5.78. The molecule has 0 aliphatic rings. The molecular formula is C20H25N3O. The van der Waals surface area contributed by atoms with Crippen LogP contribution in [0.2, 0.25) is 0 Å². The summed E-state index contributed by atoms with van der Waals surface area (Å²) in [6.45, 7) is 3.89. The van der Waals surface area contributed by atoms with Crippen molar-refractivity contribution in [3.63, 3.8) is 0 Å². The molecule has 0 aliphatic carbocycles. The van der Waals surface area contributed by atoms with Crippen LogP contribution in [-0.4, -0.2) is 42.0 Å². The zero-order valence-electron chi connectivity index (χ0n) is 14.5. The predicted octanol–water partition coefficient (Wildman–Crippen LogP) is 3.78. The molecule has 2 aromatic heterocycles. The van der Waals surface area contributed by atoms with E-state index in [4.69, 9.17) is 4.42 Å². The summed E-state index contributed by atoms with van der Waals surface area (Å²) in [5.74, 6) is 1.02. The van der Waals surface area contributed by atoms with Gasteiger partial charge in [0.15, 0.2) is 0 Å². The maximum absolute atomic E-state index is 5.54. The van der Waals surface area contributed by atoms with Gasteiger partial charge in [-0.25, -0.2) is 0 Å². The maximum Gasteiger partial charge on any atom is 0.117 e.